The second-order valence-corrected chi connectivity index (χ2v) is 21.0. The average molecular weight is 1030 g/mol. The number of nitrogens with two attached hydrogens (primary N) is 1. The predicted octanol–water partition coefficient (Wildman–Crippen LogP) is 5.02. The molecule has 2 aliphatic rings. The fourth-order valence-electron chi connectivity index (χ4n) is 7.65. The van der Waals surface area contributed by atoms with Gasteiger partial charge >= 0.3 is 33.3 Å². The summed E-state index contributed by atoms with van der Waals surface area (Å²) in [6.45, 7) is 3.59. The fraction of sp³-hybridized carbons (Fsp3) is 0.778. The molecular weight excluding hydrogens is 948 g/mol. The van der Waals surface area contributed by atoms with E-state index in [2.05, 4.69) is 23.1 Å². The zero-order valence-electron chi connectivity index (χ0n) is 40.1. The second-order valence-electron chi connectivity index (χ2n) is 18.0. The lowest BCUT2D eigenvalue weighted by atomic mass is 9.92. The number of aliphatic hydroxyl groups excluding tert-OH is 5. The first-order chi connectivity index (χ1) is 32.7. The number of phosphoric acid groups is 2. The van der Waals surface area contributed by atoms with Crippen LogP contribution in [0.5, 0.6) is 0 Å². The predicted molar refractivity (Wildman–Crippen MR) is 251 cm³/mol. The van der Waals surface area contributed by atoms with Crippen LogP contribution in [0.25, 0.3) is 0 Å². The number of esters is 2. The molecule has 0 saturated carbocycles. The standard InChI is InChI=1S/C45H77N3O19P2/c1-4-5-13-19-32(49)23-24-36-42(54)43(55)37-30-63-69(59,60)67-68(57,58)62-29-33(64-40(52)22-17-10-8-6-7-9-14-18-31(2)3)28-61-39(51)21-16-12-11-15-20-34(35(50)27-41(53)65-36)44(66-37)48-26-25-38(46)47-45(48)56/h11,15,23-26,31-37,41-44,49-50,53-55H,4-10,12-14,16-22,27-30H2,1-3H3,(H,57,58)(H,59,60)(H2,46,47,56)/t32-,33+,34-,35-,36+,37+,41?,42-,43+,44+/m0/s1. The Bertz CT molecular complexity index is 1890. The summed E-state index contributed by atoms with van der Waals surface area (Å²) in [5.74, 6) is -2.20. The Kier molecular flexibility index (Phi) is 27.6. The van der Waals surface area contributed by atoms with E-state index in [9.17, 15) is 58.8 Å². The Morgan fingerprint density at radius 2 is 1.58 bits per heavy atom. The Balaban J connectivity index is 1.94. The van der Waals surface area contributed by atoms with E-state index in [0.29, 0.717) is 25.2 Å². The van der Waals surface area contributed by atoms with Crippen LogP contribution in [0.1, 0.15) is 143 Å². The van der Waals surface area contributed by atoms with Crippen molar-refractivity contribution >= 4 is 33.4 Å². The Morgan fingerprint density at radius 1 is 0.913 bits per heavy atom. The lowest BCUT2D eigenvalue weighted by Gasteiger charge is -2.36. The van der Waals surface area contributed by atoms with Crippen molar-refractivity contribution < 1.29 is 86.3 Å². The highest BCUT2D eigenvalue weighted by Crippen LogP contribution is 2.60. The molecule has 0 aliphatic carbocycles. The number of phosphoric ester groups is 2. The molecule has 69 heavy (non-hydrogen) atoms. The minimum atomic E-state index is -5.73. The van der Waals surface area contributed by atoms with Crippen molar-refractivity contribution in [1.82, 2.24) is 9.55 Å². The fourth-order valence-corrected chi connectivity index (χ4v) is 9.76. The first-order valence-electron chi connectivity index (χ1n) is 24.1. The number of carbonyl (C=O) groups excluding carboxylic acids is 2. The number of carbonyl (C=O) groups is 2. The van der Waals surface area contributed by atoms with Gasteiger partial charge < -0.3 is 60.0 Å². The Morgan fingerprint density at radius 3 is 2.26 bits per heavy atom. The van der Waals surface area contributed by atoms with Gasteiger partial charge in [0.15, 0.2) is 12.4 Å². The van der Waals surface area contributed by atoms with Crippen LogP contribution in [0.3, 0.4) is 0 Å². The number of unbranched alkanes of at least 4 members (excludes halogenated alkanes) is 8. The van der Waals surface area contributed by atoms with E-state index in [1.165, 1.54) is 31.1 Å². The number of anilines is 1. The van der Waals surface area contributed by atoms with E-state index in [1.807, 2.05) is 6.92 Å². The first-order valence-corrected chi connectivity index (χ1v) is 27.1. The van der Waals surface area contributed by atoms with Crippen LogP contribution in [0.4, 0.5) is 5.82 Å². The minimum absolute atomic E-state index is 0.00611. The van der Waals surface area contributed by atoms with Crippen LogP contribution in [0, 0.1) is 11.8 Å². The third-order valence-corrected chi connectivity index (χ3v) is 14.1. The molecule has 2 aliphatic heterocycles. The summed E-state index contributed by atoms with van der Waals surface area (Å²) in [7, 11) is -11.3. The van der Waals surface area contributed by atoms with Gasteiger partial charge in [-0.15, -0.1) is 0 Å². The molecule has 1 aromatic heterocycles. The lowest BCUT2D eigenvalue weighted by molar-refractivity contribution is -0.192. The molecule has 396 valence electrons. The van der Waals surface area contributed by atoms with Crippen molar-refractivity contribution in [3.63, 3.8) is 0 Å². The average Bonchev–Trinajstić information content (AvgIpc) is 3.28. The van der Waals surface area contributed by atoms with E-state index in [-0.39, 0.29) is 37.9 Å². The van der Waals surface area contributed by atoms with Crippen LogP contribution in [0.15, 0.2) is 41.4 Å². The third kappa shape index (κ3) is 23.9. The summed E-state index contributed by atoms with van der Waals surface area (Å²) in [6.07, 6.45) is 1.53. The number of allylic oxidation sites excluding steroid dienone is 2. The molecule has 0 amide bonds. The number of cyclic esters (lactones) is 1. The zero-order valence-corrected chi connectivity index (χ0v) is 41.8. The molecule has 1 aromatic rings. The highest BCUT2D eigenvalue weighted by molar-refractivity contribution is 7.61. The van der Waals surface area contributed by atoms with Gasteiger partial charge in [0, 0.05) is 31.4 Å². The van der Waals surface area contributed by atoms with Gasteiger partial charge in [-0.1, -0.05) is 109 Å². The van der Waals surface area contributed by atoms with Crippen molar-refractivity contribution in [2.24, 2.45) is 11.8 Å². The van der Waals surface area contributed by atoms with Crippen LogP contribution in [-0.4, -0.2) is 126 Å². The van der Waals surface area contributed by atoms with Gasteiger partial charge in [-0.2, -0.15) is 9.29 Å². The molecule has 3 heterocycles. The van der Waals surface area contributed by atoms with Gasteiger partial charge in [-0.05, 0) is 44.1 Å². The van der Waals surface area contributed by atoms with Gasteiger partial charge in [0.1, 0.15) is 43.1 Å². The summed E-state index contributed by atoms with van der Waals surface area (Å²) in [5.41, 5.74) is 4.74. The van der Waals surface area contributed by atoms with Crippen molar-refractivity contribution in [2.45, 2.75) is 192 Å². The molecule has 2 bridgehead atoms. The first kappa shape index (κ1) is 60.4. The summed E-state index contributed by atoms with van der Waals surface area (Å²) in [5, 5.41) is 56.7. The topological polar surface area (TPSA) is 335 Å². The molecule has 0 radical (unpaired) electrons. The summed E-state index contributed by atoms with van der Waals surface area (Å²) in [4.78, 5) is 64.1. The van der Waals surface area contributed by atoms with E-state index in [0.717, 1.165) is 55.7 Å². The lowest BCUT2D eigenvalue weighted by Crippen LogP contribution is -2.49. The molecule has 0 aromatic carbocycles. The quantitative estimate of drug-likeness (QED) is 0.0414. The molecule has 9 N–H and O–H groups in total. The summed E-state index contributed by atoms with van der Waals surface area (Å²) < 4.78 is 64.6. The summed E-state index contributed by atoms with van der Waals surface area (Å²) in [6, 6.07) is 1.22. The second kappa shape index (κ2) is 31.5. The van der Waals surface area contributed by atoms with Gasteiger partial charge in [0.05, 0.1) is 25.4 Å². The maximum absolute atomic E-state index is 13.4. The third-order valence-electron chi connectivity index (χ3n) is 11.5. The summed E-state index contributed by atoms with van der Waals surface area (Å²) >= 11 is 0. The van der Waals surface area contributed by atoms with Crippen LogP contribution in [0.2, 0.25) is 0 Å². The van der Waals surface area contributed by atoms with Gasteiger partial charge in [-0.25, -0.2) is 13.9 Å². The van der Waals surface area contributed by atoms with E-state index in [1.54, 1.807) is 12.2 Å². The normalized spacial score (nSPS) is 31.4. The number of fused-ring (bicyclic) bond motifs is 3. The zero-order chi connectivity index (χ0) is 51.0. The van der Waals surface area contributed by atoms with Crippen LogP contribution >= 0.6 is 15.6 Å². The van der Waals surface area contributed by atoms with Gasteiger partial charge in [0.25, 0.3) is 0 Å². The van der Waals surface area contributed by atoms with Gasteiger partial charge in [0.2, 0.25) is 0 Å². The van der Waals surface area contributed by atoms with Crippen LogP contribution in [-0.2, 0) is 51.0 Å². The molecule has 3 rings (SSSR count). The number of nitrogens with zero attached hydrogens (tertiary/aromatic N) is 2. The maximum atomic E-state index is 13.4. The molecule has 3 unspecified atom stereocenters. The van der Waals surface area contributed by atoms with Crippen molar-refractivity contribution in [3.8, 4) is 0 Å². The smallest absolute Gasteiger partial charge is 0.462 e. The largest absolute Gasteiger partial charge is 0.481 e. The number of nitrogen functional groups attached to an aromatic ring is 1. The molecule has 12 atom stereocenters. The van der Waals surface area contributed by atoms with Crippen molar-refractivity contribution in [3.05, 3.63) is 47.1 Å². The maximum Gasteiger partial charge on any atom is 0.481 e. The number of aromatic nitrogens is 2. The van der Waals surface area contributed by atoms with Crippen LogP contribution < -0.4 is 11.4 Å². The number of rotatable bonds is 18. The number of aliphatic hydroxyl groups is 5. The van der Waals surface area contributed by atoms with Crippen molar-refractivity contribution in [1.29, 1.82) is 0 Å². The molecule has 0 spiro atoms. The van der Waals surface area contributed by atoms with Crippen molar-refractivity contribution in [2.75, 3.05) is 25.6 Å². The SMILES string of the molecule is CCCCC[C@H](O)C=C[C@H]1OC(O)C[C@H](O)[C@@H]2CC=CCCCC(=O)OC[C@@H](OC(=O)CCCCCCCCCC(C)C)COP(=O)(O)OP(=O)(O)OC[C@@H](O[C@H]2n2ccc(N)nc2=O)[C@@H](O)[C@H]1O. The van der Waals surface area contributed by atoms with E-state index >= 15 is 0 Å². The van der Waals surface area contributed by atoms with E-state index in [4.69, 9.17) is 33.7 Å². The molecule has 1 fully saturated rings. The monoisotopic (exact) mass is 1030 g/mol. The molecular formula is C45H77N3O19P2. The van der Waals surface area contributed by atoms with Gasteiger partial charge in [-0.3, -0.25) is 23.2 Å². The number of hydrogen-bond acceptors (Lipinski definition) is 19. The molecule has 24 heteroatoms. The highest BCUT2D eigenvalue weighted by atomic mass is 31.3. The minimum Gasteiger partial charge on any atom is -0.462 e. The van der Waals surface area contributed by atoms with E-state index < -0.39 is 121 Å². The number of ether oxygens (including phenoxy) is 4. The highest BCUT2D eigenvalue weighted by Gasteiger charge is 2.44. The number of hydrogen-bond donors (Lipinski definition) is 8. The Labute approximate surface area is 404 Å². The Hall–Kier alpha value is -2.92. The molecule has 22 nitrogen and oxygen atoms in total. The molecule has 1 saturated heterocycles.